The second-order valence-electron chi connectivity index (χ2n) is 3.95. The predicted molar refractivity (Wildman–Crippen MR) is 59.9 cm³/mol. The maximum atomic E-state index is 13.1. The minimum Gasteiger partial charge on any atom is -0.372 e. The average Bonchev–Trinajstić information content (AvgIpc) is 2.63. The van der Waals surface area contributed by atoms with Crippen molar-refractivity contribution in [1.29, 1.82) is 0 Å². The van der Waals surface area contributed by atoms with Gasteiger partial charge >= 0.3 is 0 Å². The van der Waals surface area contributed by atoms with Crippen molar-refractivity contribution in [2.45, 2.75) is 20.3 Å². The van der Waals surface area contributed by atoms with Gasteiger partial charge in [-0.25, -0.2) is 4.39 Å². The molecule has 0 fully saturated rings. The normalized spacial score (nSPS) is 15.0. The van der Waals surface area contributed by atoms with Crippen molar-refractivity contribution in [3.8, 4) is 0 Å². The number of hydrogen-bond acceptors (Lipinski definition) is 2. The minimum atomic E-state index is -0.157. The first-order valence-electron chi connectivity index (χ1n) is 5.19. The number of nitrogens with one attached hydrogen (secondary N) is 1. The molecule has 0 bridgehead atoms. The van der Waals surface area contributed by atoms with Crippen LogP contribution in [0.3, 0.4) is 0 Å². The molecule has 1 aromatic carbocycles. The smallest absolute Gasteiger partial charge is 0.123 e. The molecule has 0 saturated carbocycles. The van der Waals surface area contributed by atoms with E-state index in [0.717, 1.165) is 36.5 Å². The van der Waals surface area contributed by atoms with E-state index in [2.05, 4.69) is 10.3 Å². The van der Waals surface area contributed by atoms with E-state index >= 15 is 0 Å². The van der Waals surface area contributed by atoms with Gasteiger partial charge in [-0.3, -0.25) is 4.99 Å². The fourth-order valence-corrected chi connectivity index (χ4v) is 1.95. The van der Waals surface area contributed by atoms with Gasteiger partial charge in [0, 0.05) is 13.0 Å². The second-order valence-corrected chi connectivity index (χ2v) is 3.95. The summed E-state index contributed by atoms with van der Waals surface area (Å²) in [5.41, 5.74) is 3.19. The van der Waals surface area contributed by atoms with E-state index in [1.165, 1.54) is 5.56 Å². The van der Waals surface area contributed by atoms with E-state index in [4.69, 9.17) is 0 Å². The van der Waals surface area contributed by atoms with Gasteiger partial charge in [0.25, 0.3) is 0 Å². The number of aliphatic imine (C=N–C) groups is 1. The summed E-state index contributed by atoms with van der Waals surface area (Å²) in [5.74, 6) is 0.864. The Hall–Kier alpha value is -1.38. The zero-order chi connectivity index (χ0) is 10.8. The molecule has 0 amide bonds. The summed E-state index contributed by atoms with van der Waals surface area (Å²) in [7, 11) is 0. The molecule has 0 atom stereocenters. The Morgan fingerprint density at radius 1 is 1.33 bits per heavy atom. The van der Waals surface area contributed by atoms with Crippen molar-refractivity contribution >= 4 is 5.84 Å². The Morgan fingerprint density at radius 2 is 2.00 bits per heavy atom. The third kappa shape index (κ3) is 2.17. The van der Waals surface area contributed by atoms with E-state index in [-0.39, 0.29) is 5.82 Å². The summed E-state index contributed by atoms with van der Waals surface area (Å²) in [6.07, 6.45) is 0.790. The van der Waals surface area contributed by atoms with Crippen molar-refractivity contribution < 1.29 is 4.39 Å². The van der Waals surface area contributed by atoms with Crippen LogP contribution in [0.25, 0.3) is 0 Å². The van der Waals surface area contributed by atoms with Crippen molar-refractivity contribution in [2.24, 2.45) is 4.99 Å². The molecule has 2 rings (SSSR count). The largest absolute Gasteiger partial charge is 0.372 e. The highest BCUT2D eigenvalue weighted by Crippen LogP contribution is 2.17. The molecular weight excluding hydrogens is 191 g/mol. The van der Waals surface area contributed by atoms with Crippen molar-refractivity contribution in [1.82, 2.24) is 5.32 Å². The van der Waals surface area contributed by atoms with Gasteiger partial charge in [-0.05, 0) is 42.7 Å². The molecule has 1 aliphatic rings. The lowest BCUT2D eigenvalue weighted by Crippen LogP contribution is -2.21. The van der Waals surface area contributed by atoms with Crippen LogP contribution in [0.4, 0.5) is 4.39 Å². The summed E-state index contributed by atoms with van der Waals surface area (Å²) < 4.78 is 13.1. The fourth-order valence-electron chi connectivity index (χ4n) is 1.95. The van der Waals surface area contributed by atoms with Crippen LogP contribution in [0.5, 0.6) is 0 Å². The Bertz CT molecular complexity index is 387. The molecule has 1 heterocycles. The number of aryl methyl sites for hydroxylation is 2. The number of amidine groups is 1. The van der Waals surface area contributed by atoms with Crippen LogP contribution < -0.4 is 5.32 Å². The second kappa shape index (κ2) is 4.01. The first-order chi connectivity index (χ1) is 7.16. The van der Waals surface area contributed by atoms with Crippen molar-refractivity contribution in [3.05, 3.63) is 34.6 Å². The van der Waals surface area contributed by atoms with Gasteiger partial charge < -0.3 is 5.32 Å². The van der Waals surface area contributed by atoms with E-state index < -0.39 is 0 Å². The number of halogens is 1. The highest BCUT2D eigenvalue weighted by molar-refractivity contribution is 5.86. The van der Waals surface area contributed by atoms with Gasteiger partial charge in [-0.2, -0.15) is 0 Å². The molecule has 0 spiro atoms. The quantitative estimate of drug-likeness (QED) is 0.786. The fraction of sp³-hybridized carbons (Fsp3) is 0.417. The van der Waals surface area contributed by atoms with Crippen LogP contribution in [0, 0.1) is 19.7 Å². The molecule has 0 aromatic heterocycles. The molecule has 3 heteroatoms. The van der Waals surface area contributed by atoms with Gasteiger partial charge in [0.1, 0.15) is 11.7 Å². The van der Waals surface area contributed by atoms with Gasteiger partial charge in [0.05, 0.1) is 6.54 Å². The molecule has 1 aliphatic heterocycles. The molecule has 1 aromatic rings. The standard InChI is InChI=1S/C12H15FN2/c1-8-5-10(13)6-9(2)11(8)7-12-14-3-4-15-12/h5-6H,3-4,7H2,1-2H3,(H,14,15). The van der Waals surface area contributed by atoms with E-state index in [1.54, 1.807) is 12.1 Å². The van der Waals surface area contributed by atoms with E-state index in [9.17, 15) is 4.39 Å². The summed E-state index contributed by atoms with van der Waals surface area (Å²) in [5, 5.41) is 3.23. The Labute approximate surface area is 89.2 Å². The number of rotatable bonds is 2. The lowest BCUT2D eigenvalue weighted by atomic mass is 9.99. The van der Waals surface area contributed by atoms with Crippen molar-refractivity contribution in [3.63, 3.8) is 0 Å². The molecule has 1 N–H and O–H groups in total. The first-order valence-corrected chi connectivity index (χ1v) is 5.19. The Morgan fingerprint density at radius 3 is 2.53 bits per heavy atom. The number of hydrogen-bond donors (Lipinski definition) is 1. The van der Waals surface area contributed by atoms with Gasteiger partial charge in [0.15, 0.2) is 0 Å². The Kier molecular flexibility index (Phi) is 2.71. The summed E-state index contributed by atoms with van der Waals surface area (Å²) in [6.45, 7) is 5.67. The van der Waals surface area contributed by atoms with Crippen LogP contribution in [-0.4, -0.2) is 18.9 Å². The summed E-state index contributed by atoms with van der Waals surface area (Å²) >= 11 is 0. The lowest BCUT2D eigenvalue weighted by Gasteiger charge is -2.10. The molecule has 0 unspecified atom stereocenters. The highest BCUT2D eigenvalue weighted by Gasteiger charge is 2.10. The summed E-state index contributed by atoms with van der Waals surface area (Å²) in [4.78, 5) is 4.35. The van der Waals surface area contributed by atoms with Crippen LogP contribution in [0.2, 0.25) is 0 Å². The molecule has 0 radical (unpaired) electrons. The zero-order valence-corrected chi connectivity index (χ0v) is 9.10. The molecule has 0 saturated heterocycles. The van der Waals surface area contributed by atoms with Gasteiger partial charge in [-0.15, -0.1) is 0 Å². The monoisotopic (exact) mass is 206 g/mol. The van der Waals surface area contributed by atoms with Crippen LogP contribution in [0.1, 0.15) is 16.7 Å². The van der Waals surface area contributed by atoms with Crippen LogP contribution in [0.15, 0.2) is 17.1 Å². The maximum absolute atomic E-state index is 13.1. The van der Waals surface area contributed by atoms with Crippen molar-refractivity contribution in [2.75, 3.05) is 13.1 Å². The minimum absolute atomic E-state index is 0.157. The Balaban J connectivity index is 2.27. The molecule has 2 nitrogen and oxygen atoms in total. The summed E-state index contributed by atoms with van der Waals surface area (Å²) in [6, 6.07) is 3.16. The van der Waals surface area contributed by atoms with Crippen LogP contribution in [-0.2, 0) is 6.42 Å². The third-order valence-electron chi connectivity index (χ3n) is 2.75. The number of benzene rings is 1. The molecule has 15 heavy (non-hydrogen) atoms. The zero-order valence-electron chi connectivity index (χ0n) is 9.10. The van der Waals surface area contributed by atoms with Gasteiger partial charge in [0.2, 0.25) is 0 Å². The SMILES string of the molecule is Cc1cc(F)cc(C)c1CC1=NCCN1. The first kappa shape index (κ1) is 10.1. The van der Waals surface area contributed by atoms with Gasteiger partial charge in [-0.1, -0.05) is 0 Å². The highest BCUT2D eigenvalue weighted by atomic mass is 19.1. The molecule has 0 aliphatic carbocycles. The topological polar surface area (TPSA) is 24.4 Å². The maximum Gasteiger partial charge on any atom is 0.123 e. The van der Waals surface area contributed by atoms with Crippen LogP contribution >= 0.6 is 0 Å². The molecule has 80 valence electrons. The predicted octanol–water partition coefficient (Wildman–Crippen LogP) is 1.99. The van der Waals surface area contributed by atoms with E-state index in [1.807, 2.05) is 13.8 Å². The third-order valence-corrected chi connectivity index (χ3v) is 2.75. The average molecular weight is 206 g/mol. The lowest BCUT2D eigenvalue weighted by molar-refractivity contribution is 0.624. The van der Waals surface area contributed by atoms with E-state index in [0.29, 0.717) is 0 Å². The number of nitrogens with zero attached hydrogens (tertiary/aromatic N) is 1. The molecular formula is C12H15FN2.